The van der Waals surface area contributed by atoms with Crippen LogP contribution in [0, 0.1) is 0 Å². The predicted molar refractivity (Wildman–Crippen MR) is 45.7 cm³/mol. The summed E-state index contributed by atoms with van der Waals surface area (Å²) in [6.07, 6.45) is -2.97. The van der Waals surface area contributed by atoms with Crippen LogP contribution in [-0.2, 0) is 6.54 Å². The van der Waals surface area contributed by atoms with Crippen molar-refractivity contribution in [1.82, 2.24) is 4.98 Å². The molecule has 0 aliphatic rings. The Morgan fingerprint density at radius 3 is 2.60 bits per heavy atom. The summed E-state index contributed by atoms with van der Waals surface area (Å²) in [5, 5.41) is 17.7. The molecule has 0 atom stereocenters. The second-order valence-electron chi connectivity index (χ2n) is 2.70. The Kier molecular flexibility index (Phi) is 3.15. The lowest BCUT2D eigenvalue weighted by molar-refractivity contribution is 0.0693. The third-order valence-electron chi connectivity index (χ3n) is 1.74. The summed E-state index contributed by atoms with van der Waals surface area (Å²) in [6.45, 7) is -0.290. The van der Waals surface area contributed by atoms with Gasteiger partial charge in [0.2, 0.25) is 0 Å². The zero-order valence-corrected chi connectivity index (χ0v) is 7.44. The Hall–Kier alpha value is -1.76. The van der Waals surface area contributed by atoms with Gasteiger partial charge in [-0.3, -0.25) is 0 Å². The van der Waals surface area contributed by atoms with Crippen LogP contribution in [0.4, 0.5) is 8.78 Å². The molecule has 1 aromatic heterocycles. The molecule has 0 bridgehead atoms. The van der Waals surface area contributed by atoms with Crippen LogP contribution >= 0.6 is 0 Å². The standard InChI is InChI=1S/C8H8F2N2O3/c9-7(10)6-5(13)1-3(8(14)15)4(2-11)12-6/h1,7,13H,2,11H2,(H,14,15). The van der Waals surface area contributed by atoms with Gasteiger partial charge in [-0.2, -0.15) is 0 Å². The van der Waals surface area contributed by atoms with E-state index in [1.54, 1.807) is 0 Å². The van der Waals surface area contributed by atoms with Crippen molar-refractivity contribution in [3.8, 4) is 5.75 Å². The maximum absolute atomic E-state index is 12.3. The van der Waals surface area contributed by atoms with Crippen molar-refractivity contribution < 1.29 is 23.8 Å². The normalized spacial score (nSPS) is 10.7. The molecule has 0 saturated heterocycles. The molecule has 7 heteroatoms. The van der Waals surface area contributed by atoms with E-state index in [1.165, 1.54) is 0 Å². The van der Waals surface area contributed by atoms with Gasteiger partial charge in [0.25, 0.3) is 6.43 Å². The molecule has 1 heterocycles. The van der Waals surface area contributed by atoms with Gasteiger partial charge in [0.05, 0.1) is 11.3 Å². The molecule has 0 aliphatic carbocycles. The summed E-state index contributed by atoms with van der Waals surface area (Å²) in [6, 6.07) is 0.721. The molecule has 5 nitrogen and oxygen atoms in total. The first-order chi connectivity index (χ1) is 6.97. The highest BCUT2D eigenvalue weighted by atomic mass is 19.3. The Labute approximate surface area is 83.2 Å². The van der Waals surface area contributed by atoms with Crippen molar-refractivity contribution in [2.24, 2.45) is 5.73 Å². The lowest BCUT2D eigenvalue weighted by atomic mass is 10.1. The summed E-state index contributed by atoms with van der Waals surface area (Å²) in [4.78, 5) is 13.9. The number of aromatic carboxylic acids is 1. The fraction of sp³-hybridized carbons (Fsp3) is 0.250. The van der Waals surface area contributed by atoms with Gasteiger partial charge >= 0.3 is 5.97 Å². The largest absolute Gasteiger partial charge is 0.506 e. The highest BCUT2D eigenvalue weighted by Gasteiger charge is 2.20. The van der Waals surface area contributed by atoms with Gasteiger partial charge in [-0.05, 0) is 6.07 Å². The molecular weight excluding hydrogens is 210 g/mol. The Morgan fingerprint density at radius 2 is 2.20 bits per heavy atom. The maximum Gasteiger partial charge on any atom is 0.337 e. The summed E-state index contributed by atoms with van der Waals surface area (Å²) in [5.41, 5.74) is 3.73. The number of carboxylic acids is 1. The number of pyridine rings is 1. The van der Waals surface area contributed by atoms with Crippen LogP contribution in [0.25, 0.3) is 0 Å². The molecule has 0 radical (unpaired) electrons. The average molecular weight is 218 g/mol. The summed E-state index contributed by atoms with van der Waals surface area (Å²) < 4.78 is 24.5. The first-order valence-electron chi connectivity index (χ1n) is 3.91. The van der Waals surface area contributed by atoms with Crippen molar-refractivity contribution in [3.05, 3.63) is 23.0 Å². The smallest absolute Gasteiger partial charge is 0.337 e. The van der Waals surface area contributed by atoms with Crippen molar-refractivity contribution in [1.29, 1.82) is 0 Å². The molecular formula is C8H8F2N2O3. The maximum atomic E-state index is 12.3. The number of aromatic nitrogens is 1. The molecule has 82 valence electrons. The number of halogens is 2. The topological polar surface area (TPSA) is 96.4 Å². The number of aromatic hydroxyl groups is 1. The molecule has 0 aliphatic heterocycles. The average Bonchev–Trinajstić information content (AvgIpc) is 2.16. The molecule has 0 unspecified atom stereocenters. The summed E-state index contributed by atoms with van der Waals surface area (Å²) in [5.74, 6) is -2.22. The van der Waals surface area contributed by atoms with E-state index in [4.69, 9.17) is 15.9 Å². The Bertz CT molecular complexity index is 396. The van der Waals surface area contributed by atoms with E-state index < -0.39 is 23.8 Å². The van der Waals surface area contributed by atoms with E-state index >= 15 is 0 Å². The number of rotatable bonds is 3. The molecule has 0 spiro atoms. The van der Waals surface area contributed by atoms with Gasteiger partial charge in [0, 0.05) is 6.54 Å². The second kappa shape index (κ2) is 4.18. The van der Waals surface area contributed by atoms with Crippen molar-refractivity contribution in [3.63, 3.8) is 0 Å². The highest BCUT2D eigenvalue weighted by Crippen LogP contribution is 2.28. The van der Waals surface area contributed by atoms with Gasteiger partial charge < -0.3 is 15.9 Å². The quantitative estimate of drug-likeness (QED) is 0.699. The summed E-state index contributed by atoms with van der Waals surface area (Å²) >= 11 is 0. The van der Waals surface area contributed by atoms with Gasteiger partial charge in [-0.15, -0.1) is 0 Å². The van der Waals surface area contributed by atoms with Crippen molar-refractivity contribution in [2.75, 3.05) is 0 Å². The third-order valence-corrected chi connectivity index (χ3v) is 1.74. The molecule has 0 amide bonds. The predicted octanol–water partition coefficient (Wildman–Crippen LogP) is 0.882. The first kappa shape index (κ1) is 11.3. The monoisotopic (exact) mass is 218 g/mol. The second-order valence-corrected chi connectivity index (χ2v) is 2.70. The van der Waals surface area contributed by atoms with Crippen LogP contribution in [0.3, 0.4) is 0 Å². The van der Waals surface area contributed by atoms with Gasteiger partial charge in [-0.1, -0.05) is 0 Å². The number of carboxylic acid groups (broad SMARTS) is 1. The minimum atomic E-state index is -2.97. The third kappa shape index (κ3) is 2.18. The van der Waals surface area contributed by atoms with Crippen LogP contribution < -0.4 is 5.73 Å². The Balaban J connectivity index is 3.35. The van der Waals surface area contributed by atoms with Gasteiger partial charge in [-0.25, -0.2) is 18.6 Å². The molecule has 1 aromatic rings. The van der Waals surface area contributed by atoms with Crippen molar-refractivity contribution in [2.45, 2.75) is 13.0 Å². The molecule has 0 aromatic carbocycles. The van der Waals surface area contributed by atoms with E-state index in [-0.39, 0.29) is 17.8 Å². The lowest BCUT2D eigenvalue weighted by Gasteiger charge is -2.07. The first-order valence-corrected chi connectivity index (χ1v) is 3.91. The minimum absolute atomic E-state index is 0.185. The molecule has 0 saturated carbocycles. The van der Waals surface area contributed by atoms with E-state index in [2.05, 4.69) is 4.98 Å². The molecule has 0 fully saturated rings. The van der Waals surface area contributed by atoms with E-state index in [0.29, 0.717) is 0 Å². The van der Waals surface area contributed by atoms with Crippen LogP contribution in [0.15, 0.2) is 6.07 Å². The number of alkyl halides is 2. The SMILES string of the molecule is NCc1nc(C(F)F)c(O)cc1C(=O)O. The fourth-order valence-corrected chi connectivity index (χ4v) is 1.06. The number of hydrogen-bond acceptors (Lipinski definition) is 4. The van der Waals surface area contributed by atoms with E-state index in [9.17, 15) is 13.6 Å². The van der Waals surface area contributed by atoms with Crippen LogP contribution in [0.5, 0.6) is 5.75 Å². The Morgan fingerprint density at radius 1 is 1.60 bits per heavy atom. The van der Waals surface area contributed by atoms with E-state index in [1.807, 2.05) is 0 Å². The molecule has 1 rings (SSSR count). The van der Waals surface area contributed by atoms with E-state index in [0.717, 1.165) is 6.07 Å². The number of carbonyl (C=O) groups is 1. The van der Waals surface area contributed by atoms with Crippen molar-refractivity contribution >= 4 is 5.97 Å². The van der Waals surface area contributed by atoms with Gasteiger partial charge in [0.1, 0.15) is 11.4 Å². The van der Waals surface area contributed by atoms with Crippen LogP contribution in [0.1, 0.15) is 28.2 Å². The fourth-order valence-electron chi connectivity index (χ4n) is 1.06. The van der Waals surface area contributed by atoms with Gasteiger partial charge in [0.15, 0.2) is 0 Å². The molecule has 4 N–H and O–H groups in total. The van der Waals surface area contributed by atoms with Crippen LogP contribution in [-0.4, -0.2) is 21.2 Å². The van der Waals surface area contributed by atoms with Crippen LogP contribution in [0.2, 0.25) is 0 Å². The number of nitrogens with two attached hydrogens (primary N) is 1. The number of nitrogens with zero attached hydrogens (tertiary/aromatic N) is 1. The lowest BCUT2D eigenvalue weighted by Crippen LogP contribution is -2.11. The summed E-state index contributed by atoms with van der Waals surface area (Å²) in [7, 11) is 0. The zero-order valence-electron chi connectivity index (χ0n) is 7.44. The molecule has 15 heavy (non-hydrogen) atoms. The minimum Gasteiger partial charge on any atom is -0.506 e. The highest BCUT2D eigenvalue weighted by molar-refractivity contribution is 5.89. The number of hydrogen-bond donors (Lipinski definition) is 3. The zero-order chi connectivity index (χ0) is 11.6.